The molecule has 0 aromatic heterocycles. The van der Waals surface area contributed by atoms with Gasteiger partial charge in [0.2, 0.25) is 0 Å². The Labute approximate surface area is 72.4 Å². The summed E-state index contributed by atoms with van der Waals surface area (Å²) in [5, 5.41) is 12.0. The summed E-state index contributed by atoms with van der Waals surface area (Å²) in [6, 6.07) is 5.82. The van der Waals surface area contributed by atoms with Gasteiger partial charge in [0, 0.05) is 6.54 Å². The summed E-state index contributed by atoms with van der Waals surface area (Å²) in [6.07, 6.45) is 0. The Kier molecular flexibility index (Phi) is 2.94. The number of hydrogen-bond donors (Lipinski definition) is 3. The van der Waals surface area contributed by atoms with E-state index >= 15 is 0 Å². The lowest BCUT2D eigenvalue weighted by Gasteiger charge is -2.11. The molecule has 0 radical (unpaired) electrons. The number of aryl methyl sites for hydroxylation is 1. The first-order valence-electron chi connectivity index (χ1n) is 4.03. The second kappa shape index (κ2) is 3.97. The van der Waals surface area contributed by atoms with Crippen molar-refractivity contribution in [3.8, 4) is 0 Å². The van der Waals surface area contributed by atoms with Gasteiger partial charge in [0.15, 0.2) is 0 Å². The molecule has 0 amide bonds. The van der Waals surface area contributed by atoms with Crippen LogP contribution < -0.4 is 10.8 Å². The molecule has 0 atom stereocenters. The van der Waals surface area contributed by atoms with Crippen LogP contribution in [0.3, 0.4) is 0 Å². The summed E-state index contributed by atoms with van der Waals surface area (Å²) < 4.78 is 0. The van der Waals surface area contributed by atoms with Gasteiger partial charge in [-0.05, 0) is 25.5 Å². The second-order valence-electron chi connectivity index (χ2n) is 2.64. The van der Waals surface area contributed by atoms with E-state index in [2.05, 4.69) is 10.8 Å². The molecule has 0 saturated heterocycles. The number of anilines is 2. The average molecular weight is 166 g/mol. The van der Waals surface area contributed by atoms with Crippen LogP contribution in [0, 0.1) is 6.92 Å². The summed E-state index contributed by atoms with van der Waals surface area (Å²) in [4.78, 5) is 0. The normalized spacial score (nSPS) is 9.58. The van der Waals surface area contributed by atoms with Gasteiger partial charge >= 0.3 is 0 Å². The fourth-order valence-corrected chi connectivity index (χ4v) is 1.15. The van der Waals surface area contributed by atoms with Crippen molar-refractivity contribution in [1.29, 1.82) is 0 Å². The van der Waals surface area contributed by atoms with Crippen LogP contribution in [-0.4, -0.2) is 11.8 Å². The molecule has 0 aliphatic carbocycles. The van der Waals surface area contributed by atoms with Crippen LogP contribution in [-0.2, 0) is 0 Å². The molecule has 3 nitrogen and oxygen atoms in total. The highest BCUT2D eigenvalue weighted by molar-refractivity contribution is 5.71. The molecule has 12 heavy (non-hydrogen) atoms. The molecule has 0 heterocycles. The molecule has 1 rings (SSSR count). The van der Waals surface area contributed by atoms with Crippen LogP contribution >= 0.6 is 0 Å². The van der Waals surface area contributed by atoms with Crippen molar-refractivity contribution in [2.24, 2.45) is 0 Å². The minimum Gasteiger partial charge on any atom is -0.384 e. The first kappa shape index (κ1) is 8.87. The maximum atomic E-state index is 8.84. The van der Waals surface area contributed by atoms with Crippen molar-refractivity contribution in [3.63, 3.8) is 0 Å². The Morgan fingerprint density at radius 1 is 1.42 bits per heavy atom. The number of benzene rings is 1. The fourth-order valence-electron chi connectivity index (χ4n) is 1.15. The van der Waals surface area contributed by atoms with E-state index in [1.807, 2.05) is 32.0 Å². The van der Waals surface area contributed by atoms with E-state index in [4.69, 9.17) is 5.21 Å². The quantitative estimate of drug-likeness (QED) is 0.603. The minimum absolute atomic E-state index is 0.749. The third-order valence-electron chi connectivity index (χ3n) is 1.75. The van der Waals surface area contributed by atoms with Crippen molar-refractivity contribution in [3.05, 3.63) is 23.8 Å². The third-order valence-corrected chi connectivity index (χ3v) is 1.75. The number of nitrogens with one attached hydrogen (secondary N) is 2. The van der Waals surface area contributed by atoms with Gasteiger partial charge in [-0.2, -0.15) is 0 Å². The molecule has 0 unspecified atom stereocenters. The van der Waals surface area contributed by atoms with E-state index in [0.29, 0.717) is 0 Å². The Balaban J connectivity index is 3.00. The molecule has 0 bridgehead atoms. The summed E-state index contributed by atoms with van der Waals surface area (Å²) in [5.74, 6) is 0. The lowest BCUT2D eigenvalue weighted by molar-refractivity contribution is 0.389. The Bertz CT molecular complexity index is 261. The molecule has 0 aliphatic rings. The Hall–Kier alpha value is -1.22. The zero-order valence-corrected chi connectivity index (χ0v) is 7.39. The van der Waals surface area contributed by atoms with Crippen molar-refractivity contribution < 1.29 is 5.21 Å². The summed E-state index contributed by atoms with van der Waals surface area (Å²) >= 11 is 0. The molecule has 3 N–H and O–H groups in total. The van der Waals surface area contributed by atoms with Crippen LogP contribution in [0.1, 0.15) is 12.5 Å². The van der Waals surface area contributed by atoms with E-state index < -0.39 is 0 Å². The molecule has 66 valence electrons. The molecular formula is C9H14N2O. The van der Waals surface area contributed by atoms with E-state index in [1.165, 1.54) is 0 Å². The molecular weight excluding hydrogens is 152 g/mol. The van der Waals surface area contributed by atoms with Crippen LogP contribution in [0.15, 0.2) is 18.2 Å². The van der Waals surface area contributed by atoms with Crippen molar-refractivity contribution >= 4 is 11.4 Å². The van der Waals surface area contributed by atoms with Gasteiger partial charge in [-0.25, -0.2) is 0 Å². The first-order valence-corrected chi connectivity index (χ1v) is 4.03. The molecule has 0 spiro atoms. The SMILES string of the molecule is CCNc1cccc(C)c1NO. The zero-order valence-electron chi connectivity index (χ0n) is 7.39. The van der Waals surface area contributed by atoms with Gasteiger partial charge in [0.25, 0.3) is 0 Å². The molecule has 0 saturated carbocycles. The maximum absolute atomic E-state index is 8.84. The van der Waals surface area contributed by atoms with E-state index in [0.717, 1.165) is 23.5 Å². The summed E-state index contributed by atoms with van der Waals surface area (Å²) in [7, 11) is 0. The number of rotatable bonds is 3. The van der Waals surface area contributed by atoms with Gasteiger partial charge in [0.05, 0.1) is 11.4 Å². The Morgan fingerprint density at radius 2 is 2.17 bits per heavy atom. The lowest BCUT2D eigenvalue weighted by atomic mass is 10.2. The van der Waals surface area contributed by atoms with Crippen LogP contribution in [0.25, 0.3) is 0 Å². The summed E-state index contributed by atoms with van der Waals surface area (Å²) in [5.41, 5.74) is 4.89. The lowest BCUT2D eigenvalue weighted by Crippen LogP contribution is -2.02. The molecule has 0 fully saturated rings. The minimum atomic E-state index is 0.749. The maximum Gasteiger partial charge on any atom is 0.0862 e. The predicted molar refractivity (Wildman–Crippen MR) is 50.8 cm³/mol. The van der Waals surface area contributed by atoms with Gasteiger partial charge in [0.1, 0.15) is 0 Å². The zero-order chi connectivity index (χ0) is 8.97. The highest BCUT2D eigenvalue weighted by atomic mass is 16.5. The van der Waals surface area contributed by atoms with E-state index in [1.54, 1.807) is 0 Å². The van der Waals surface area contributed by atoms with Gasteiger partial charge in [-0.1, -0.05) is 12.1 Å². The smallest absolute Gasteiger partial charge is 0.0862 e. The average Bonchev–Trinajstić information content (AvgIpc) is 2.05. The molecule has 1 aromatic rings. The van der Waals surface area contributed by atoms with Crippen LogP contribution in [0.5, 0.6) is 0 Å². The standard InChI is InChI=1S/C9H14N2O/c1-3-10-8-6-4-5-7(2)9(8)11-12/h4-6,10-12H,3H2,1-2H3. The fraction of sp³-hybridized carbons (Fsp3) is 0.333. The molecule has 1 aromatic carbocycles. The monoisotopic (exact) mass is 166 g/mol. The van der Waals surface area contributed by atoms with E-state index in [-0.39, 0.29) is 0 Å². The number of hydrogen-bond acceptors (Lipinski definition) is 3. The molecule has 3 heteroatoms. The second-order valence-corrected chi connectivity index (χ2v) is 2.64. The highest BCUT2D eigenvalue weighted by Gasteiger charge is 2.01. The third kappa shape index (κ3) is 1.68. The number of para-hydroxylation sites is 1. The van der Waals surface area contributed by atoms with Crippen molar-refractivity contribution in [1.82, 2.24) is 0 Å². The van der Waals surface area contributed by atoms with Crippen molar-refractivity contribution in [2.45, 2.75) is 13.8 Å². The van der Waals surface area contributed by atoms with Gasteiger partial charge < -0.3 is 5.32 Å². The van der Waals surface area contributed by atoms with Crippen LogP contribution in [0.4, 0.5) is 11.4 Å². The largest absolute Gasteiger partial charge is 0.384 e. The topological polar surface area (TPSA) is 44.3 Å². The van der Waals surface area contributed by atoms with Gasteiger partial charge in [-0.15, -0.1) is 0 Å². The van der Waals surface area contributed by atoms with Crippen molar-refractivity contribution in [2.75, 3.05) is 17.3 Å². The molecule has 0 aliphatic heterocycles. The highest BCUT2D eigenvalue weighted by Crippen LogP contribution is 2.24. The first-order chi connectivity index (χ1) is 5.79. The van der Waals surface area contributed by atoms with E-state index in [9.17, 15) is 0 Å². The predicted octanol–water partition coefficient (Wildman–Crippen LogP) is 2.23. The summed E-state index contributed by atoms with van der Waals surface area (Å²) in [6.45, 7) is 4.81. The Morgan fingerprint density at radius 3 is 2.75 bits per heavy atom. The van der Waals surface area contributed by atoms with Crippen LogP contribution in [0.2, 0.25) is 0 Å². The van der Waals surface area contributed by atoms with Gasteiger partial charge in [-0.3, -0.25) is 10.7 Å².